The van der Waals surface area contributed by atoms with Crippen LogP contribution in [0.5, 0.6) is 0 Å². The van der Waals surface area contributed by atoms with Gasteiger partial charge in [-0.25, -0.2) is 9.78 Å². The van der Waals surface area contributed by atoms with E-state index < -0.39 is 0 Å². The number of hydrogen-bond donors (Lipinski definition) is 1. The molecule has 1 N–H and O–H groups in total. The van der Waals surface area contributed by atoms with Crippen molar-refractivity contribution in [2.75, 3.05) is 38.1 Å². The summed E-state index contributed by atoms with van der Waals surface area (Å²) in [5.41, 5.74) is 3.78. The third kappa shape index (κ3) is 3.81. The molecule has 1 aliphatic heterocycles. The second kappa shape index (κ2) is 7.95. The highest BCUT2D eigenvalue weighted by atomic mass is 16.2. The summed E-state index contributed by atoms with van der Waals surface area (Å²) in [6.07, 6.45) is 0. The molecular weight excluding hydrogens is 366 g/mol. The van der Waals surface area contributed by atoms with E-state index >= 15 is 0 Å². The molecule has 2 amide bonds. The standard InChI is InChI=1S/C22H25N5O2/c1-16-7-9-17(10-8-16)15-27-19-6-4-3-5-18(19)24-20(21(27)28)25-11-13-26(14-12-25)22(29)23-2/h3-10H,11-15H2,1-2H3,(H,23,29). The van der Waals surface area contributed by atoms with Gasteiger partial charge in [0.05, 0.1) is 17.6 Å². The number of benzene rings is 2. The van der Waals surface area contributed by atoms with E-state index in [1.807, 2.05) is 36.1 Å². The van der Waals surface area contributed by atoms with E-state index in [9.17, 15) is 9.59 Å². The lowest BCUT2D eigenvalue weighted by molar-refractivity contribution is 0.196. The second-order valence-corrected chi connectivity index (χ2v) is 7.33. The predicted octanol–water partition coefficient (Wildman–Crippen LogP) is 2.21. The summed E-state index contributed by atoms with van der Waals surface area (Å²) < 4.78 is 1.80. The maximum absolute atomic E-state index is 13.4. The number of anilines is 1. The van der Waals surface area contributed by atoms with E-state index in [-0.39, 0.29) is 11.6 Å². The van der Waals surface area contributed by atoms with Gasteiger partial charge in [0.15, 0.2) is 5.82 Å². The Bertz CT molecular complexity index is 1080. The molecular formula is C22H25N5O2. The number of nitrogens with zero attached hydrogens (tertiary/aromatic N) is 4. The average molecular weight is 391 g/mol. The van der Waals surface area contributed by atoms with Crippen molar-refractivity contribution >= 4 is 22.9 Å². The van der Waals surface area contributed by atoms with Crippen LogP contribution in [0, 0.1) is 6.92 Å². The first-order valence-electron chi connectivity index (χ1n) is 9.83. The first-order valence-corrected chi connectivity index (χ1v) is 9.83. The number of fused-ring (bicyclic) bond motifs is 1. The van der Waals surface area contributed by atoms with Crippen molar-refractivity contribution in [2.24, 2.45) is 0 Å². The number of aryl methyl sites for hydroxylation is 1. The molecule has 7 heteroatoms. The zero-order valence-electron chi connectivity index (χ0n) is 16.8. The van der Waals surface area contributed by atoms with E-state index in [1.165, 1.54) is 5.56 Å². The first kappa shape index (κ1) is 19.0. The summed E-state index contributed by atoms with van der Waals surface area (Å²) in [4.78, 5) is 33.7. The van der Waals surface area contributed by atoms with Crippen molar-refractivity contribution in [3.05, 3.63) is 70.0 Å². The number of rotatable bonds is 3. The highest BCUT2D eigenvalue weighted by molar-refractivity contribution is 5.77. The number of urea groups is 1. The zero-order chi connectivity index (χ0) is 20.4. The molecule has 7 nitrogen and oxygen atoms in total. The lowest BCUT2D eigenvalue weighted by atomic mass is 10.1. The number of carbonyl (C=O) groups is 1. The maximum Gasteiger partial charge on any atom is 0.317 e. The van der Waals surface area contributed by atoms with Gasteiger partial charge in [0, 0.05) is 33.2 Å². The highest BCUT2D eigenvalue weighted by Crippen LogP contribution is 2.17. The minimum atomic E-state index is -0.0994. The Morgan fingerprint density at radius 3 is 2.41 bits per heavy atom. The van der Waals surface area contributed by atoms with Crippen LogP contribution < -0.4 is 15.8 Å². The Morgan fingerprint density at radius 2 is 1.72 bits per heavy atom. The monoisotopic (exact) mass is 391 g/mol. The third-order valence-electron chi connectivity index (χ3n) is 5.38. The molecule has 4 rings (SSSR count). The quantitative estimate of drug-likeness (QED) is 0.743. The van der Waals surface area contributed by atoms with Gasteiger partial charge in [-0.3, -0.25) is 9.36 Å². The van der Waals surface area contributed by atoms with Gasteiger partial charge in [-0.1, -0.05) is 42.0 Å². The summed E-state index contributed by atoms with van der Waals surface area (Å²) in [6, 6.07) is 15.9. The largest absolute Gasteiger partial charge is 0.348 e. The molecule has 0 radical (unpaired) electrons. The van der Waals surface area contributed by atoms with Crippen molar-refractivity contribution < 1.29 is 4.79 Å². The topological polar surface area (TPSA) is 70.5 Å². The van der Waals surface area contributed by atoms with Crippen molar-refractivity contribution in [3.8, 4) is 0 Å². The Hall–Kier alpha value is -3.35. The fourth-order valence-electron chi connectivity index (χ4n) is 3.70. The Morgan fingerprint density at radius 1 is 1.03 bits per heavy atom. The summed E-state index contributed by atoms with van der Waals surface area (Å²) in [5.74, 6) is 0.451. The number of amides is 2. The van der Waals surface area contributed by atoms with Crippen molar-refractivity contribution in [2.45, 2.75) is 13.5 Å². The molecule has 1 fully saturated rings. The van der Waals surface area contributed by atoms with Crippen LogP contribution in [0.25, 0.3) is 11.0 Å². The van der Waals surface area contributed by atoms with Gasteiger partial charge in [0.2, 0.25) is 0 Å². The predicted molar refractivity (Wildman–Crippen MR) is 115 cm³/mol. The molecule has 0 spiro atoms. The van der Waals surface area contributed by atoms with Crippen LogP contribution in [0.4, 0.5) is 10.6 Å². The van der Waals surface area contributed by atoms with Crippen LogP contribution >= 0.6 is 0 Å². The normalized spacial score (nSPS) is 14.3. The van der Waals surface area contributed by atoms with Crippen LogP contribution in [0.3, 0.4) is 0 Å². The number of aromatic nitrogens is 2. The van der Waals surface area contributed by atoms with Crippen LogP contribution in [0.15, 0.2) is 53.3 Å². The lowest BCUT2D eigenvalue weighted by Gasteiger charge is -2.35. The molecule has 0 unspecified atom stereocenters. The summed E-state index contributed by atoms with van der Waals surface area (Å²) >= 11 is 0. The molecule has 29 heavy (non-hydrogen) atoms. The molecule has 0 saturated carbocycles. The van der Waals surface area contributed by atoms with E-state index in [1.54, 1.807) is 16.5 Å². The molecule has 2 aromatic carbocycles. The van der Waals surface area contributed by atoms with Crippen LogP contribution in [-0.2, 0) is 6.54 Å². The maximum atomic E-state index is 13.4. The molecule has 1 aliphatic rings. The van der Waals surface area contributed by atoms with Gasteiger partial charge in [0.25, 0.3) is 5.56 Å². The number of nitrogens with one attached hydrogen (secondary N) is 1. The Labute approximate surface area is 169 Å². The fourth-order valence-corrected chi connectivity index (χ4v) is 3.70. The first-order chi connectivity index (χ1) is 14.1. The second-order valence-electron chi connectivity index (χ2n) is 7.33. The Balaban J connectivity index is 1.70. The van der Waals surface area contributed by atoms with Crippen LogP contribution in [0.1, 0.15) is 11.1 Å². The van der Waals surface area contributed by atoms with Crippen LogP contribution in [0.2, 0.25) is 0 Å². The molecule has 1 aromatic heterocycles. The van der Waals surface area contributed by atoms with Gasteiger partial charge >= 0.3 is 6.03 Å². The lowest BCUT2D eigenvalue weighted by Crippen LogP contribution is -2.52. The fraction of sp³-hybridized carbons (Fsp3) is 0.318. The molecule has 1 saturated heterocycles. The molecule has 3 aromatic rings. The smallest absolute Gasteiger partial charge is 0.317 e. The zero-order valence-corrected chi connectivity index (χ0v) is 16.8. The molecule has 0 atom stereocenters. The van der Waals surface area contributed by atoms with Gasteiger partial charge in [-0.05, 0) is 24.6 Å². The number of piperazine rings is 1. The van der Waals surface area contributed by atoms with Gasteiger partial charge in [0.1, 0.15) is 0 Å². The summed E-state index contributed by atoms with van der Waals surface area (Å²) in [7, 11) is 1.63. The number of para-hydroxylation sites is 2. The average Bonchev–Trinajstić information content (AvgIpc) is 2.76. The highest BCUT2D eigenvalue weighted by Gasteiger charge is 2.24. The van der Waals surface area contributed by atoms with E-state index in [0.29, 0.717) is 38.5 Å². The van der Waals surface area contributed by atoms with Gasteiger partial charge in [-0.15, -0.1) is 0 Å². The molecule has 2 heterocycles. The van der Waals surface area contributed by atoms with Gasteiger partial charge < -0.3 is 15.1 Å². The minimum Gasteiger partial charge on any atom is -0.348 e. The Kier molecular flexibility index (Phi) is 5.20. The summed E-state index contributed by atoms with van der Waals surface area (Å²) in [5, 5.41) is 2.65. The SMILES string of the molecule is CNC(=O)N1CCN(c2nc3ccccc3n(Cc3ccc(C)cc3)c2=O)CC1. The number of hydrogen-bond acceptors (Lipinski definition) is 4. The molecule has 150 valence electrons. The minimum absolute atomic E-state index is 0.0899. The van der Waals surface area contributed by atoms with Crippen molar-refractivity contribution in [3.63, 3.8) is 0 Å². The van der Waals surface area contributed by atoms with E-state index in [0.717, 1.165) is 16.6 Å². The molecule has 0 bridgehead atoms. The summed E-state index contributed by atoms with van der Waals surface area (Å²) in [6.45, 7) is 4.83. The van der Waals surface area contributed by atoms with E-state index in [2.05, 4.69) is 34.6 Å². The van der Waals surface area contributed by atoms with Crippen LogP contribution in [-0.4, -0.2) is 53.7 Å². The third-order valence-corrected chi connectivity index (χ3v) is 5.38. The van der Waals surface area contributed by atoms with Crippen molar-refractivity contribution in [1.82, 2.24) is 19.8 Å². The van der Waals surface area contributed by atoms with Gasteiger partial charge in [-0.2, -0.15) is 0 Å². The van der Waals surface area contributed by atoms with E-state index in [4.69, 9.17) is 0 Å². The molecule has 0 aliphatic carbocycles. The van der Waals surface area contributed by atoms with Crippen molar-refractivity contribution in [1.29, 1.82) is 0 Å². The number of carbonyl (C=O) groups excluding carboxylic acids is 1.